The van der Waals surface area contributed by atoms with Crippen molar-refractivity contribution in [1.29, 1.82) is 0 Å². The van der Waals surface area contributed by atoms with Crippen LogP contribution >= 0.6 is 0 Å². The third-order valence-corrected chi connectivity index (χ3v) is 3.73. The summed E-state index contributed by atoms with van der Waals surface area (Å²) in [7, 11) is 0. The quantitative estimate of drug-likeness (QED) is 0.829. The van der Waals surface area contributed by atoms with Gasteiger partial charge in [-0.25, -0.2) is 4.79 Å². The van der Waals surface area contributed by atoms with E-state index in [4.69, 9.17) is 4.74 Å². The lowest BCUT2D eigenvalue weighted by Crippen LogP contribution is -2.44. The van der Waals surface area contributed by atoms with E-state index in [0.717, 1.165) is 24.2 Å². The second-order valence-corrected chi connectivity index (χ2v) is 5.54. The van der Waals surface area contributed by atoms with Crippen LogP contribution in [0.15, 0.2) is 18.2 Å². The number of amides is 2. The van der Waals surface area contributed by atoms with Crippen LogP contribution in [0.5, 0.6) is 5.75 Å². The molecule has 1 aliphatic rings. The molecule has 0 aliphatic heterocycles. The lowest BCUT2D eigenvalue weighted by atomic mass is 9.96. The molecule has 2 rings (SSSR count). The molecular formula is C16H24N2O2. The van der Waals surface area contributed by atoms with Crippen molar-refractivity contribution in [3.63, 3.8) is 0 Å². The third kappa shape index (κ3) is 4.44. The van der Waals surface area contributed by atoms with Gasteiger partial charge in [0.05, 0.1) is 0 Å². The predicted octanol–water partition coefficient (Wildman–Crippen LogP) is 3.27. The van der Waals surface area contributed by atoms with Gasteiger partial charge in [-0.3, -0.25) is 0 Å². The first-order valence-electron chi connectivity index (χ1n) is 7.39. The van der Waals surface area contributed by atoms with Crippen molar-refractivity contribution < 1.29 is 9.53 Å². The number of ether oxygens (including phenoxy) is 1. The van der Waals surface area contributed by atoms with Crippen molar-refractivity contribution in [2.75, 3.05) is 6.73 Å². The van der Waals surface area contributed by atoms with Crippen molar-refractivity contribution in [3.8, 4) is 5.75 Å². The Morgan fingerprint density at radius 2 is 2.00 bits per heavy atom. The van der Waals surface area contributed by atoms with Gasteiger partial charge in [0.1, 0.15) is 5.75 Å². The second-order valence-electron chi connectivity index (χ2n) is 5.54. The number of carbonyl (C=O) groups excluding carboxylic acids is 1. The highest BCUT2D eigenvalue weighted by Crippen LogP contribution is 2.18. The summed E-state index contributed by atoms with van der Waals surface area (Å²) in [6, 6.07) is 6.19. The average molecular weight is 276 g/mol. The molecule has 1 aromatic rings. The topological polar surface area (TPSA) is 50.4 Å². The summed E-state index contributed by atoms with van der Waals surface area (Å²) in [5, 5.41) is 5.75. The van der Waals surface area contributed by atoms with Gasteiger partial charge in [-0.05, 0) is 38.3 Å². The molecule has 4 nitrogen and oxygen atoms in total. The number of hydrogen-bond acceptors (Lipinski definition) is 2. The molecule has 0 unspecified atom stereocenters. The highest BCUT2D eigenvalue weighted by atomic mass is 16.5. The standard InChI is InChI=1S/C16H24N2O2/c1-12-8-9-15(13(2)10-12)20-11-17-16(19)18-14-6-4-3-5-7-14/h8-10,14H,3-7,11H2,1-2H3,(H2,17,18,19). The Morgan fingerprint density at radius 3 is 2.70 bits per heavy atom. The molecule has 2 N–H and O–H groups in total. The van der Waals surface area contributed by atoms with Crippen LogP contribution in [-0.2, 0) is 0 Å². The molecule has 0 saturated heterocycles. The van der Waals surface area contributed by atoms with E-state index in [1.807, 2.05) is 26.0 Å². The Bertz CT molecular complexity index is 454. The zero-order chi connectivity index (χ0) is 14.4. The summed E-state index contributed by atoms with van der Waals surface area (Å²) in [4.78, 5) is 11.7. The molecule has 0 atom stereocenters. The summed E-state index contributed by atoms with van der Waals surface area (Å²) in [5.74, 6) is 0.813. The van der Waals surface area contributed by atoms with Gasteiger partial charge in [-0.15, -0.1) is 0 Å². The largest absolute Gasteiger partial charge is 0.473 e. The number of hydrogen-bond donors (Lipinski definition) is 2. The van der Waals surface area contributed by atoms with Gasteiger partial charge in [-0.1, -0.05) is 37.0 Å². The minimum Gasteiger partial charge on any atom is -0.473 e. The first-order chi connectivity index (χ1) is 9.65. The van der Waals surface area contributed by atoms with Crippen LogP contribution in [0, 0.1) is 13.8 Å². The van der Waals surface area contributed by atoms with Crippen molar-refractivity contribution >= 4 is 6.03 Å². The number of urea groups is 1. The van der Waals surface area contributed by atoms with Crippen LogP contribution in [0.4, 0.5) is 4.79 Å². The first-order valence-corrected chi connectivity index (χ1v) is 7.39. The van der Waals surface area contributed by atoms with Gasteiger partial charge in [0.2, 0.25) is 0 Å². The Labute approximate surface area is 120 Å². The molecule has 0 radical (unpaired) electrons. The summed E-state index contributed by atoms with van der Waals surface area (Å²) >= 11 is 0. The van der Waals surface area contributed by atoms with Crippen LogP contribution < -0.4 is 15.4 Å². The highest BCUT2D eigenvalue weighted by Gasteiger charge is 2.15. The number of rotatable bonds is 4. The lowest BCUT2D eigenvalue weighted by molar-refractivity contribution is 0.216. The van der Waals surface area contributed by atoms with Crippen LogP contribution in [0.1, 0.15) is 43.2 Å². The summed E-state index contributed by atoms with van der Waals surface area (Å²) < 4.78 is 5.58. The molecule has 4 heteroatoms. The molecule has 0 aromatic heterocycles. The van der Waals surface area contributed by atoms with Gasteiger partial charge in [-0.2, -0.15) is 0 Å². The zero-order valence-corrected chi connectivity index (χ0v) is 12.4. The molecule has 1 aliphatic carbocycles. The van der Waals surface area contributed by atoms with Crippen molar-refractivity contribution in [2.24, 2.45) is 0 Å². The fourth-order valence-electron chi connectivity index (χ4n) is 2.62. The Morgan fingerprint density at radius 1 is 1.25 bits per heavy atom. The van der Waals surface area contributed by atoms with E-state index in [9.17, 15) is 4.79 Å². The highest BCUT2D eigenvalue weighted by molar-refractivity contribution is 5.74. The van der Waals surface area contributed by atoms with Crippen LogP contribution in [0.2, 0.25) is 0 Å². The number of carbonyl (C=O) groups is 1. The number of aryl methyl sites for hydroxylation is 2. The van der Waals surface area contributed by atoms with E-state index < -0.39 is 0 Å². The normalized spacial score (nSPS) is 15.7. The van der Waals surface area contributed by atoms with Crippen molar-refractivity contribution in [1.82, 2.24) is 10.6 Å². The predicted molar refractivity (Wildman–Crippen MR) is 80.0 cm³/mol. The zero-order valence-electron chi connectivity index (χ0n) is 12.4. The van der Waals surface area contributed by atoms with Crippen LogP contribution in [-0.4, -0.2) is 18.8 Å². The first kappa shape index (κ1) is 14.7. The van der Waals surface area contributed by atoms with Gasteiger partial charge in [0.25, 0.3) is 0 Å². The average Bonchev–Trinajstić information content (AvgIpc) is 2.42. The van der Waals surface area contributed by atoms with Gasteiger partial charge in [0, 0.05) is 6.04 Å². The molecule has 1 fully saturated rings. The lowest BCUT2D eigenvalue weighted by Gasteiger charge is -2.22. The van der Waals surface area contributed by atoms with Crippen molar-refractivity contribution in [3.05, 3.63) is 29.3 Å². The Kier molecular flexibility index (Phi) is 5.27. The van der Waals surface area contributed by atoms with Gasteiger partial charge >= 0.3 is 6.03 Å². The maximum absolute atomic E-state index is 11.7. The minimum absolute atomic E-state index is 0.137. The van der Waals surface area contributed by atoms with E-state index in [1.165, 1.54) is 24.8 Å². The van der Waals surface area contributed by atoms with E-state index in [-0.39, 0.29) is 12.8 Å². The molecule has 1 saturated carbocycles. The molecule has 0 heterocycles. The summed E-state index contributed by atoms with van der Waals surface area (Å²) in [5.41, 5.74) is 2.29. The minimum atomic E-state index is -0.137. The summed E-state index contributed by atoms with van der Waals surface area (Å²) in [6.07, 6.45) is 5.89. The number of benzene rings is 1. The smallest absolute Gasteiger partial charge is 0.317 e. The second kappa shape index (κ2) is 7.17. The maximum Gasteiger partial charge on any atom is 0.317 e. The van der Waals surface area contributed by atoms with E-state index in [1.54, 1.807) is 0 Å². The molecule has 0 spiro atoms. The molecule has 2 amide bonds. The SMILES string of the molecule is Cc1ccc(OCNC(=O)NC2CCCCC2)c(C)c1. The molecule has 110 valence electrons. The third-order valence-electron chi connectivity index (χ3n) is 3.73. The Balaban J connectivity index is 1.70. The molecule has 20 heavy (non-hydrogen) atoms. The van der Waals surface area contributed by atoms with E-state index in [0.29, 0.717) is 6.04 Å². The molecular weight excluding hydrogens is 252 g/mol. The van der Waals surface area contributed by atoms with Crippen LogP contribution in [0.25, 0.3) is 0 Å². The van der Waals surface area contributed by atoms with E-state index >= 15 is 0 Å². The summed E-state index contributed by atoms with van der Waals surface area (Å²) in [6.45, 7) is 4.25. The Hall–Kier alpha value is -1.71. The fourth-order valence-corrected chi connectivity index (χ4v) is 2.62. The van der Waals surface area contributed by atoms with Gasteiger partial charge in [0.15, 0.2) is 6.73 Å². The maximum atomic E-state index is 11.7. The van der Waals surface area contributed by atoms with Crippen LogP contribution in [0.3, 0.4) is 0 Å². The number of nitrogens with one attached hydrogen (secondary N) is 2. The van der Waals surface area contributed by atoms with E-state index in [2.05, 4.69) is 16.7 Å². The fraction of sp³-hybridized carbons (Fsp3) is 0.562. The van der Waals surface area contributed by atoms with Gasteiger partial charge < -0.3 is 15.4 Å². The van der Waals surface area contributed by atoms with Crippen molar-refractivity contribution in [2.45, 2.75) is 52.0 Å². The molecule has 1 aromatic carbocycles. The monoisotopic (exact) mass is 276 g/mol. The molecule has 0 bridgehead atoms.